The second kappa shape index (κ2) is 5.92. The van der Waals surface area contributed by atoms with E-state index in [1.807, 2.05) is 19.0 Å². The summed E-state index contributed by atoms with van der Waals surface area (Å²) in [7, 11) is 3.74. The Morgan fingerprint density at radius 2 is 2.28 bits per heavy atom. The highest BCUT2D eigenvalue weighted by atomic mass is 16.6. The third kappa shape index (κ3) is 3.67. The molecule has 0 aliphatic rings. The van der Waals surface area contributed by atoms with E-state index in [1.165, 1.54) is 0 Å². The molecule has 1 aromatic heterocycles. The molecule has 0 spiro atoms. The number of pyridine rings is 1. The number of nitro groups is 1. The Labute approximate surface area is 104 Å². The van der Waals surface area contributed by atoms with Crippen LogP contribution in [0, 0.1) is 10.1 Å². The SMILES string of the molecule is CN(C)CCNC(=O)c1cc([N+](=O)[O-])cnc1N. The topological polar surface area (TPSA) is 114 Å². The molecule has 0 radical (unpaired) electrons. The van der Waals surface area contributed by atoms with Crippen LogP contribution in [0.2, 0.25) is 0 Å². The van der Waals surface area contributed by atoms with E-state index in [9.17, 15) is 14.9 Å². The van der Waals surface area contributed by atoms with Crippen molar-refractivity contribution < 1.29 is 9.72 Å². The highest BCUT2D eigenvalue weighted by Crippen LogP contribution is 2.16. The van der Waals surface area contributed by atoms with Crippen LogP contribution in [-0.4, -0.2) is 47.9 Å². The summed E-state index contributed by atoms with van der Waals surface area (Å²) in [5.41, 5.74) is 5.27. The lowest BCUT2D eigenvalue weighted by atomic mass is 10.2. The van der Waals surface area contributed by atoms with Gasteiger partial charge in [0, 0.05) is 19.2 Å². The van der Waals surface area contributed by atoms with E-state index in [2.05, 4.69) is 10.3 Å². The van der Waals surface area contributed by atoms with Crippen molar-refractivity contribution in [3.63, 3.8) is 0 Å². The van der Waals surface area contributed by atoms with Gasteiger partial charge in [0.25, 0.3) is 11.6 Å². The molecule has 0 fully saturated rings. The van der Waals surface area contributed by atoms with Crippen molar-refractivity contribution in [1.29, 1.82) is 0 Å². The summed E-state index contributed by atoms with van der Waals surface area (Å²) in [5, 5.41) is 13.2. The number of aromatic nitrogens is 1. The van der Waals surface area contributed by atoms with Gasteiger partial charge in [-0.15, -0.1) is 0 Å². The lowest BCUT2D eigenvalue weighted by molar-refractivity contribution is -0.385. The van der Waals surface area contributed by atoms with Crippen molar-refractivity contribution in [1.82, 2.24) is 15.2 Å². The van der Waals surface area contributed by atoms with Gasteiger partial charge in [0.15, 0.2) is 0 Å². The molecule has 8 heteroatoms. The number of likely N-dealkylation sites (N-methyl/N-ethyl adjacent to an activating group) is 1. The Balaban J connectivity index is 2.78. The fourth-order valence-electron chi connectivity index (χ4n) is 1.23. The molecular formula is C10H15N5O3. The molecule has 98 valence electrons. The quantitative estimate of drug-likeness (QED) is 0.557. The van der Waals surface area contributed by atoms with Crippen LogP contribution >= 0.6 is 0 Å². The minimum Gasteiger partial charge on any atom is -0.383 e. The molecule has 0 aliphatic heterocycles. The van der Waals surface area contributed by atoms with Gasteiger partial charge in [0.05, 0.1) is 10.5 Å². The molecular weight excluding hydrogens is 238 g/mol. The predicted octanol–water partition coefficient (Wildman–Crippen LogP) is -0.137. The zero-order valence-electron chi connectivity index (χ0n) is 10.2. The summed E-state index contributed by atoms with van der Waals surface area (Å²) in [4.78, 5) is 27.2. The Morgan fingerprint density at radius 3 is 2.83 bits per heavy atom. The lowest BCUT2D eigenvalue weighted by Gasteiger charge is -2.10. The Bertz CT molecular complexity index is 461. The third-order valence-corrected chi connectivity index (χ3v) is 2.20. The van der Waals surface area contributed by atoms with Gasteiger partial charge in [-0.1, -0.05) is 0 Å². The van der Waals surface area contributed by atoms with Crippen molar-refractivity contribution in [2.75, 3.05) is 32.9 Å². The van der Waals surface area contributed by atoms with Crippen LogP contribution in [-0.2, 0) is 0 Å². The summed E-state index contributed by atoms with van der Waals surface area (Å²) in [5.74, 6) is -0.492. The van der Waals surface area contributed by atoms with E-state index in [-0.39, 0.29) is 17.1 Å². The van der Waals surface area contributed by atoms with Crippen molar-refractivity contribution in [2.24, 2.45) is 0 Å². The minimum atomic E-state index is -0.622. The molecule has 3 N–H and O–H groups in total. The van der Waals surface area contributed by atoms with Gasteiger partial charge in [-0.3, -0.25) is 14.9 Å². The fraction of sp³-hybridized carbons (Fsp3) is 0.400. The van der Waals surface area contributed by atoms with Crippen LogP contribution < -0.4 is 11.1 Å². The van der Waals surface area contributed by atoms with Crippen molar-refractivity contribution in [3.05, 3.63) is 27.9 Å². The number of nitrogen functional groups attached to an aromatic ring is 1. The van der Waals surface area contributed by atoms with Crippen LogP contribution in [0.4, 0.5) is 11.5 Å². The van der Waals surface area contributed by atoms with E-state index < -0.39 is 10.8 Å². The smallest absolute Gasteiger partial charge is 0.288 e. The number of hydrogen-bond acceptors (Lipinski definition) is 6. The standard InChI is InChI=1S/C10H15N5O3/c1-14(2)4-3-12-10(16)8-5-7(15(17)18)6-13-9(8)11/h5-6H,3-4H2,1-2H3,(H2,11,13)(H,12,16). The monoisotopic (exact) mass is 253 g/mol. The van der Waals surface area contributed by atoms with Crippen LogP contribution in [0.3, 0.4) is 0 Å². The molecule has 0 saturated carbocycles. The van der Waals surface area contributed by atoms with E-state index >= 15 is 0 Å². The Morgan fingerprint density at radius 1 is 1.61 bits per heavy atom. The molecule has 8 nitrogen and oxygen atoms in total. The molecule has 0 saturated heterocycles. The molecule has 0 atom stereocenters. The van der Waals surface area contributed by atoms with Crippen LogP contribution in [0.25, 0.3) is 0 Å². The molecule has 1 aromatic rings. The number of rotatable bonds is 5. The molecule has 1 heterocycles. The maximum absolute atomic E-state index is 11.7. The van der Waals surface area contributed by atoms with Gasteiger partial charge in [0.1, 0.15) is 12.0 Å². The van der Waals surface area contributed by atoms with Gasteiger partial charge < -0.3 is 16.0 Å². The minimum absolute atomic E-state index is 0.0166. The first-order valence-electron chi connectivity index (χ1n) is 5.24. The Kier molecular flexibility index (Phi) is 4.55. The van der Waals surface area contributed by atoms with Gasteiger partial charge in [-0.25, -0.2) is 4.98 Å². The highest BCUT2D eigenvalue weighted by molar-refractivity contribution is 5.98. The summed E-state index contributed by atoms with van der Waals surface area (Å²) >= 11 is 0. The Hall–Kier alpha value is -2.22. The third-order valence-electron chi connectivity index (χ3n) is 2.20. The first kappa shape index (κ1) is 13.8. The van der Waals surface area contributed by atoms with Gasteiger partial charge >= 0.3 is 0 Å². The summed E-state index contributed by atoms with van der Waals surface area (Å²) in [6.45, 7) is 1.09. The molecule has 0 aromatic carbocycles. The van der Waals surface area contributed by atoms with E-state index in [4.69, 9.17) is 5.73 Å². The molecule has 0 unspecified atom stereocenters. The molecule has 18 heavy (non-hydrogen) atoms. The van der Waals surface area contributed by atoms with Gasteiger partial charge in [-0.05, 0) is 14.1 Å². The number of anilines is 1. The maximum atomic E-state index is 11.7. The molecule has 0 bridgehead atoms. The van der Waals surface area contributed by atoms with Crippen molar-refractivity contribution in [2.45, 2.75) is 0 Å². The zero-order chi connectivity index (χ0) is 13.7. The number of nitrogens with one attached hydrogen (secondary N) is 1. The fourth-order valence-corrected chi connectivity index (χ4v) is 1.23. The summed E-state index contributed by atoms with van der Waals surface area (Å²) < 4.78 is 0. The van der Waals surface area contributed by atoms with E-state index in [0.717, 1.165) is 12.3 Å². The van der Waals surface area contributed by atoms with Crippen molar-refractivity contribution >= 4 is 17.4 Å². The normalized spacial score (nSPS) is 10.4. The number of nitrogens with zero attached hydrogens (tertiary/aromatic N) is 3. The number of amides is 1. The largest absolute Gasteiger partial charge is 0.383 e. The predicted molar refractivity (Wildman–Crippen MR) is 66.2 cm³/mol. The maximum Gasteiger partial charge on any atom is 0.288 e. The first-order chi connectivity index (χ1) is 8.41. The van der Waals surface area contributed by atoms with Crippen molar-refractivity contribution in [3.8, 4) is 0 Å². The van der Waals surface area contributed by atoms with Gasteiger partial charge in [-0.2, -0.15) is 0 Å². The lowest BCUT2D eigenvalue weighted by Crippen LogP contribution is -2.31. The molecule has 0 aliphatic carbocycles. The molecule has 1 rings (SSSR count). The number of hydrogen-bond donors (Lipinski definition) is 2. The highest BCUT2D eigenvalue weighted by Gasteiger charge is 2.16. The average Bonchev–Trinajstić information content (AvgIpc) is 2.28. The van der Waals surface area contributed by atoms with Crippen LogP contribution in [0.5, 0.6) is 0 Å². The number of nitrogens with two attached hydrogens (primary N) is 1. The van der Waals surface area contributed by atoms with E-state index in [0.29, 0.717) is 13.1 Å². The second-order valence-electron chi connectivity index (χ2n) is 3.94. The summed E-state index contributed by atoms with van der Waals surface area (Å²) in [6.07, 6.45) is 1.02. The van der Waals surface area contributed by atoms with Gasteiger partial charge in [0.2, 0.25) is 0 Å². The number of carbonyl (C=O) groups excluding carboxylic acids is 1. The number of carbonyl (C=O) groups is 1. The molecule has 1 amide bonds. The average molecular weight is 253 g/mol. The zero-order valence-corrected chi connectivity index (χ0v) is 10.2. The van der Waals surface area contributed by atoms with E-state index in [1.54, 1.807) is 0 Å². The van der Waals surface area contributed by atoms with Crippen LogP contribution in [0.15, 0.2) is 12.3 Å². The summed E-state index contributed by atoms with van der Waals surface area (Å²) in [6, 6.07) is 1.12. The second-order valence-corrected chi connectivity index (χ2v) is 3.94. The first-order valence-corrected chi connectivity index (χ1v) is 5.24. The van der Waals surface area contributed by atoms with Crippen LogP contribution in [0.1, 0.15) is 10.4 Å².